The normalized spacial score (nSPS) is 16.3. The molecular formula is C14H19BrN2O4. The summed E-state index contributed by atoms with van der Waals surface area (Å²) in [6.07, 6.45) is 1.34. The summed E-state index contributed by atoms with van der Waals surface area (Å²) in [4.78, 5) is 2.30. The Kier molecular flexibility index (Phi) is 6.28. The third kappa shape index (κ3) is 4.59. The summed E-state index contributed by atoms with van der Waals surface area (Å²) in [6.45, 7) is 4.85. The van der Waals surface area contributed by atoms with Gasteiger partial charge in [-0.3, -0.25) is 4.90 Å². The standard InChI is InChI=1S/C14H19BrN2O4/c1-19-13-9-11(10-16-18)8-12(15)14(13)21-7-4-17-2-5-20-6-3-17/h8-10,18H,2-7H2,1H3. The van der Waals surface area contributed by atoms with E-state index in [4.69, 9.17) is 19.4 Å². The fourth-order valence-corrected chi connectivity index (χ4v) is 2.70. The molecule has 1 heterocycles. The molecule has 21 heavy (non-hydrogen) atoms. The summed E-state index contributed by atoms with van der Waals surface area (Å²) < 4.78 is 17.2. The number of hydrogen-bond acceptors (Lipinski definition) is 6. The SMILES string of the molecule is COc1cc(C=NO)cc(Br)c1OCCN1CCOCC1. The molecule has 0 aromatic heterocycles. The van der Waals surface area contributed by atoms with Crippen molar-refractivity contribution in [2.75, 3.05) is 46.6 Å². The third-order valence-electron chi connectivity index (χ3n) is 3.22. The number of morpholine rings is 1. The van der Waals surface area contributed by atoms with Gasteiger partial charge in [-0.25, -0.2) is 0 Å². The van der Waals surface area contributed by atoms with Gasteiger partial charge >= 0.3 is 0 Å². The molecule has 116 valence electrons. The van der Waals surface area contributed by atoms with Gasteiger partial charge in [0.05, 0.1) is 31.0 Å². The zero-order chi connectivity index (χ0) is 15.1. The molecule has 1 fully saturated rings. The van der Waals surface area contributed by atoms with Crippen LogP contribution in [0, 0.1) is 0 Å². The van der Waals surface area contributed by atoms with Crippen molar-refractivity contribution < 1.29 is 19.4 Å². The highest BCUT2D eigenvalue weighted by Crippen LogP contribution is 2.36. The number of hydrogen-bond donors (Lipinski definition) is 1. The van der Waals surface area contributed by atoms with Crippen molar-refractivity contribution in [2.24, 2.45) is 5.16 Å². The van der Waals surface area contributed by atoms with Gasteiger partial charge in [0.1, 0.15) is 6.61 Å². The first kappa shape index (κ1) is 16.1. The molecule has 1 saturated heterocycles. The van der Waals surface area contributed by atoms with Crippen molar-refractivity contribution >= 4 is 22.1 Å². The van der Waals surface area contributed by atoms with Crippen LogP contribution in [0.5, 0.6) is 11.5 Å². The zero-order valence-corrected chi connectivity index (χ0v) is 13.5. The molecule has 0 aliphatic carbocycles. The second-order valence-corrected chi connectivity index (χ2v) is 5.44. The molecule has 0 amide bonds. The van der Waals surface area contributed by atoms with Crippen LogP contribution in [0.25, 0.3) is 0 Å². The fraction of sp³-hybridized carbons (Fsp3) is 0.500. The maximum Gasteiger partial charge on any atom is 0.175 e. The first-order chi connectivity index (χ1) is 10.2. The molecule has 1 aromatic carbocycles. The Hall–Kier alpha value is -1.31. The van der Waals surface area contributed by atoms with E-state index >= 15 is 0 Å². The molecule has 0 saturated carbocycles. The van der Waals surface area contributed by atoms with Gasteiger partial charge in [0.2, 0.25) is 0 Å². The van der Waals surface area contributed by atoms with Crippen molar-refractivity contribution in [3.63, 3.8) is 0 Å². The number of halogens is 1. The van der Waals surface area contributed by atoms with Crippen LogP contribution in [-0.2, 0) is 4.74 Å². The van der Waals surface area contributed by atoms with Crippen LogP contribution in [0.3, 0.4) is 0 Å². The minimum absolute atomic E-state index is 0.572. The van der Waals surface area contributed by atoms with E-state index < -0.39 is 0 Å². The Morgan fingerprint density at radius 3 is 2.86 bits per heavy atom. The highest BCUT2D eigenvalue weighted by Gasteiger charge is 2.13. The molecule has 7 heteroatoms. The minimum Gasteiger partial charge on any atom is -0.493 e. The number of methoxy groups -OCH3 is 1. The van der Waals surface area contributed by atoms with Crippen molar-refractivity contribution in [3.8, 4) is 11.5 Å². The molecule has 0 spiro atoms. The average molecular weight is 359 g/mol. The van der Waals surface area contributed by atoms with Crippen LogP contribution in [0.2, 0.25) is 0 Å². The lowest BCUT2D eigenvalue weighted by Gasteiger charge is -2.26. The lowest BCUT2D eigenvalue weighted by Crippen LogP contribution is -2.38. The second-order valence-electron chi connectivity index (χ2n) is 4.58. The summed E-state index contributed by atoms with van der Waals surface area (Å²) in [5.74, 6) is 1.25. The van der Waals surface area contributed by atoms with Crippen LogP contribution in [-0.4, -0.2) is 62.9 Å². The first-order valence-corrected chi connectivity index (χ1v) is 7.51. The monoisotopic (exact) mass is 358 g/mol. The number of benzene rings is 1. The van der Waals surface area contributed by atoms with Crippen molar-refractivity contribution in [1.82, 2.24) is 4.90 Å². The molecule has 0 radical (unpaired) electrons. The molecule has 0 unspecified atom stereocenters. The molecular weight excluding hydrogens is 340 g/mol. The number of rotatable bonds is 6. The smallest absolute Gasteiger partial charge is 0.175 e. The minimum atomic E-state index is 0.572. The van der Waals surface area contributed by atoms with Gasteiger partial charge < -0.3 is 19.4 Å². The molecule has 2 rings (SSSR count). The largest absolute Gasteiger partial charge is 0.493 e. The van der Waals surface area contributed by atoms with E-state index in [-0.39, 0.29) is 0 Å². The Bertz CT molecular complexity index is 490. The van der Waals surface area contributed by atoms with Crippen LogP contribution in [0.15, 0.2) is 21.8 Å². The average Bonchev–Trinajstić information content (AvgIpc) is 2.50. The molecule has 1 N–H and O–H groups in total. The highest BCUT2D eigenvalue weighted by atomic mass is 79.9. The molecule has 6 nitrogen and oxygen atoms in total. The van der Waals surface area contributed by atoms with E-state index in [2.05, 4.69) is 26.0 Å². The molecule has 0 bridgehead atoms. The van der Waals surface area contributed by atoms with Gasteiger partial charge in [-0.15, -0.1) is 0 Å². The number of oxime groups is 1. The van der Waals surface area contributed by atoms with Crippen LogP contribution in [0.1, 0.15) is 5.56 Å². The maximum atomic E-state index is 8.60. The first-order valence-electron chi connectivity index (χ1n) is 6.72. The summed E-state index contributed by atoms with van der Waals surface area (Å²) in [5.41, 5.74) is 0.724. The van der Waals surface area contributed by atoms with E-state index in [1.54, 1.807) is 13.2 Å². The lowest BCUT2D eigenvalue weighted by molar-refractivity contribution is 0.0320. The summed E-state index contributed by atoms with van der Waals surface area (Å²) in [7, 11) is 1.58. The summed E-state index contributed by atoms with van der Waals surface area (Å²) in [5, 5.41) is 11.6. The van der Waals surface area contributed by atoms with Crippen LogP contribution >= 0.6 is 15.9 Å². The van der Waals surface area contributed by atoms with Gasteiger partial charge in [-0.2, -0.15) is 0 Å². The van der Waals surface area contributed by atoms with E-state index in [0.717, 1.165) is 42.9 Å². The summed E-state index contributed by atoms with van der Waals surface area (Å²) in [6, 6.07) is 3.57. The molecule has 1 aliphatic rings. The Morgan fingerprint density at radius 2 is 2.19 bits per heavy atom. The van der Waals surface area contributed by atoms with Gasteiger partial charge in [0.25, 0.3) is 0 Å². The Labute approximate surface area is 132 Å². The van der Waals surface area contributed by atoms with Crippen molar-refractivity contribution in [1.29, 1.82) is 0 Å². The zero-order valence-electron chi connectivity index (χ0n) is 11.9. The predicted molar refractivity (Wildman–Crippen MR) is 82.8 cm³/mol. The second kappa shape index (κ2) is 8.21. The lowest BCUT2D eigenvalue weighted by atomic mass is 10.2. The number of ether oxygens (including phenoxy) is 3. The highest BCUT2D eigenvalue weighted by molar-refractivity contribution is 9.10. The van der Waals surface area contributed by atoms with Gasteiger partial charge in [-0.05, 0) is 28.1 Å². The van der Waals surface area contributed by atoms with Crippen LogP contribution < -0.4 is 9.47 Å². The number of nitrogens with zero attached hydrogens (tertiary/aromatic N) is 2. The molecule has 1 aliphatic heterocycles. The van der Waals surface area contributed by atoms with Gasteiger partial charge in [0, 0.05) is 25.2 Å². The molecule has 1 aromatic rings. The predicted octanol–water partition coefficient (Wildman–Crippen LogP) is 1.98. The van der Waals surface area contributed by atoms with E-state index in [1.165, 1.54) is 6.21 Å². The van der Waals surface area contributed by atoms with Crippen molar-refractivity contribution in [2.45, 2.75) is 0 Å². The summed E-state index contributed by atoms with van der Waals surface area (Å²) >= 11 is 3.45. The van der Waals surface area contributed by atoms with E-state index in [9.17, 15) is 0 Å². The third-order valence-corrected chi connectivity index (χ3v) is 3.81. The van der Waals surface area contributed by atoms with Crippen molar-refractivity contribution in [3.05, 3.63) is 22.2 Å². The fourth-order valence-electron chi connectivity index (χ4n) is 2.12. The van der Waals surface area contributed by atoms with Gasteiger partial charge in [-0.1, -0.05) is 5.16 Å². The van der Waals surface area contributed by atoms with Crippen LogP contribution in [0.4, 0.5) is 0 Å². The quantitative estimate of drug-likeness (QED) is 0.478. The van der Waals surface area contributed by atoms with E-state index in [1.807, 2.05) is 6.07 Å². The van der Waals surface area contributed by atoms with Gasteiger partial charge in [0.15, 0.2) is 11.5 Å². The topological polar surface area (TPSA) is 63.5 Å². The Morgan fingerprint density at radius 1 is 1.43 bits per heavy atom. The maximum absolute atomic E-state index is 8.60. The molecule has 0 atom stereocenters. The Balaban J connectivity index is 1.98. The van der Waals surface area contributed by atoms with E-state index in [0.29, 0.717) is 18.1 Å².